The van der Waals surface area contributed by atoms with Crippen LogP contribution in [0.15, 0.2) is 30.3 Å². The van der Waals surface area contributed by atoms with Crippen molar-refractivity contribution in [2.75, 3.05) is 0 Å². The Hall–Kier alpha value is 0.307. The van der Waals surface area contributed by atoms with Gasteiger partial charge in [0.15, 0.2) is 0 Å². The summed E-state index contributed by atoms with van der Waals surface area (Å²) in [5.74, 6) is 0.334. The van der Waals surface area contributed by atoms with E-state index in [1.165, 1.54) is 5.56 Å². The average molecular weight is 254 g/mol. The van der Waals surface area contributed by atoms with Gasteiger partial charge in [-0.1, -0.05) is 37.3 Å². The van der Waals surface area contributed by atoms with Crippen LogP contribution in [0.1, 0.15) is 18.4 Å². The minimum Gasteiger partial charge on any atom is -0.126 e. The van der Waals surface area contributed by atoms with Crippen LogP contribution in [0, 0.1) is 0 Å². The Morgan fingerprint density at radius 1 is 1.15 bits per heavy atom. The van der Waals surface area contributed by atoms with Crippen LogP contribution in [0.3, 0.4) is 0 Å². The predicted molar refractivity (Wildman–Crippen MR) is 63.0 cm³/mol. The van der Waals surface area contributed by atoms with Crippen molar-refractivity contribution >= 4 is 39.2 Å². The Balaban J connectivity index is 2.64. The first kappa shape index (κ1) is 11.4. The van der Waals surface area contributed by atoms with Gasteiger partial charge in [0.25, 0.3) is 0 Å². The molecular formula is C9H11Cl3Si. The normalized spacial score (nSPS) is 14.2. The highest BCUT2D eigenvalue weighted by Gasteiger charge is 2.28. The fourth-order valence-corrected chi connectivity index (χ4v) is 4.26. The number of benzene rings is 1. The molecule has 1 atom stereocenters. The van der Waals surface area contributed by atoms with Gasteiger partial charge >= 0.3 is 6.00 Å². The van der Waals surface area contributed by atoms with E-state index < -0.39 is 6.00 Å². The topological polar surface area (TPSA) is 0 Å². The summed E-state index contributed by atoms with van der Waals surface area (Å²) in [6, 6.07) is 8.33. The van der Waals surface area contributed by atoms with E-state index in [0.29, 0.717) is 12.0 Å². The molecule has 0 N–H and O–H groups in total. The van der Waals surface area contributed by atoms with Gasteiger partial charge in [-0.25, -0.2) is 0 Å². The molecule has 0 saturated carbocycles. The Bertz CT molecular complexity index is 255. The van der Waals surface area contributed by atoms with Gasteiger partial charge in [0.1, 0.15) is 0 Å². The Kier molecular flexibility index (Phi) is 4.11. The third kappa shape index (κ3) is 4.36. The van der Waals surface area contributed by atoms with Gasteiger partial charge in [-0.05, 0) is 17.5 Å². The molecule has 1 aromatic carbocycles. The van der Waals surface area contributed by atoms with Gasteiger partial charge in [0, 0.05) is 0 Å². The molecule has 0 bridgehead atoms. The molecule has 0 heterocycles. The molecule has 0 radical (unpaired) electrons. The van der Waals surface area contributed by atoms with Crippen molar-refractivity contribution in [3.63, 3.8) is 0 Å². The predicted octanol–water partition coefficient (Wildman–Crippen LogP) is 4.45. The summed E-state index contributed by atoms with van der Waals surface area (Å²) in [5, 5.41) is 0. The van der Waals surface area contributed by atoms with Gasteiger partial charge in [-0.3, -0.25) is 0 Å². The third-order valence-electron chi connectivity index (χ3n) is 1.91. The van der Waals surface area contributed by atoms with Gasteiger partial charge in [0.05, 0.1) is 0 Å². The van der Waals surface area contributed by atoms with Crippen molar-refractivity contribution in [2.24, 2.45) is 0 Å². The summed E-state index contributed by atoms with van der Waals surface area (Å²) in [5.41, 5.74) is 1.24. The van der Waals surface area contributed by atoms with Crippen molar-refractivity contribution in [2.45, 2.75) is 18.9 Å². The molecule has 1 rings (SSSR count). The zero-order valence-corrected chi connectivity index (χ0v) is 10.6. The quantitative estimate of drug-likeness (QED) is 0.552. The molecular weight excluding hydrogens is 243 g/mol. The first-order valence-electron chi connectivity index (χ1n) is 4.11. The van der Waals surface area contributed by atoms with E-state index in [4.69, 9.17) is 33.2 Å². The van der Waals surface area contributed by atoms with E-state index in [2.05, 4.69) is 19.1 Å². The summed E-state index contributed by atoms with van der Waals surface area (Å²) in [6.07, 6.45) is 0. The van der Waals surface area contributed by atoms with Crippen molar-refractivity contribution < 1.29 is 0 Å². The Morgan fingerprint density at radius 2 is 1.69 bits per heavy atom. The van der Waals surface area contributed by atoms with Crippen LogP contribution in [-0.4, -0.2) is 6.00 Å². The molecule has 1 unspecified atom stereocenters. The molecule has 4 heteroatoms. The zero-order chi connectivity index (χ0) is 9.90. The number of rotatable bonds is 3. The number of hydrogen-bond acceptors (Lipinski definition) is 0. The second-order valence-electron chi connectivity index (χ2n) is 3.13. The maximum absolute atomic E-state index is 5.85. The molecule has 0 aliphatic rings. The van der Waals surface area contributed by atoms with E-state index in [-0.39, 0.29) is 0 Å². The Morgan fingerprint density at radius 3 is 2.15 bits per heavy atom. The summed E-state index contributed by atoms with van der Waals surface area (Å²) >= 11 is 17.5. The molecule has 72 valence electrons. The van der Waals surface area contributed by atoms with Crippen LogP contribution >= 0.6 is 33.2 Å². The molecule has 0 aromatic heterocycles. The van der Waals surface area contributed by atoms with Crippen molar-refractivity contribution in [3.8, 4) is 0 Å². The first-order valence-corrected chi connectivity index (χ1v) is 9.35. The van der Waals surface area contributed by atoms with E-state index in [1.807, 2.05) is 18.2 Å². The standard InChI is InChI=1S/C9H11Cl3Si/c1-8(7-13(10,11)12)9-5-3-2-4-6-9/h2-6,8H,7H2,1H3. The van der Waals surface area contributed by atoms with Gasteiger partial charge < -0.3 is 0 Å². The van der Waals surface area contributed by atoms with Crippen LogP contribution in [-0.2, 0) is 0 Å². The molecule has 0 nitrogen and oxygen atoms in total. The fraction of sp³-hybridized carbons (Fsp3) is 0.333. The molecule has 1 aromatic rings. The summed E-state index contributed by atoms with van der Waals surface area (Å²) in [7, 11) is 0. The number of hydrogen-bond donors (Lipinski definition) is 0. The largest absolute Gasteiger partial charge is 0.342 e. The van der Waals surface area contributed by atoms with E-state index >= 15 is 0 Å². The van der Waals surface area contributed by atoms with Gasteiger partial charge in [-0.15, -0.1) is 33.2 Å². The lowest BCUT2D eigenvalue weighted by atomic mass is 10.0. The lowest BCUT2D eigenvalue weighted by Crippen LogP contribution is -2.12. The first-order chi connectivity index (χ1) is 5.99. The van der Waals surface area contributed by atoms with Crippen molar-refractivity contribution in [1.29, 1.82) is 0 Å². The van der Waals surface area contributed by atoms with E-state index in [9.17, 15) is 0 Å². The second-order valence-corrected chi connectivity index (χ2v) is 12.3. The lowest BCUT2D eigenvalue weighted by Gasteiger charge is -2.15. The fourth-order valence-electron chi connectivity index (χ4n) is 1.25. The van der Waals surface area contributed by atoms with Crippen LogP contribution in [0.4, 0.5) is 0 Å². The van der Waals surface area contributed by atoms with Crippen molar-refractivity contribution in [3.05, 3.63) is 35.9 Å². The van der Waals surface area contributed by atoms with Crippen LogP contribution in [0.2, 0.25) is 6.04 Å². The monoisotopic (exact) mass is 252 g/mol. The molecule has 0 amide bonds. The van der Waals surface area contributed by atoms with E-state index in [1.54, 1.807) is 0 Å². The molecule has 0 spiro atoms. The second kappa shape index (κ2) is 4.69. The summed E-state index contributed by atoms with van der Waals surface area (Å²) in [4.78, 5) is 0. The average Bonchev–Trinajstić information content (AvgIpc) is 2.03. The highest BCUT2D eigenvalue weighted by molar-refractivity contribution is 7.64. The molecule has 0 saturated heterocycles. The molecule has 0 fully saturated rings. The van der Waals surface area contributed by atoms with Crippen LogP contribution in [0.5, 0.6) is 0 Å². The van der Waals surface area contributed by atoms with Crippen LogP contribution < -0.4 is 0 Å². The Labute approximate surface area is 93.9 Å². The minimum absolute atomic E-state index is 0.334. The van der Waals surface area contributed by atoms with Crippen molar-refractivity contribution in [1.82, 2.24) is 0 Å². The summed E-state index contributed by atoms with van der Waals surface area (Å²) < 4.78 is 0. The molecule has 0 aliphatic carbocycles. The maximum Gasteiger partial charge on any atom is 0.342 e. The zero-order valence-electron chi connectivity index (χ0n) is 7.31. The smallest absolute Gasteiger partial charge is 0.126 e. The minimum atomic E-state index is -2.49. The number of halogens is 3. The van der Waals surface area contributed by atoms with Crippen LogP contribution in [0.25, 0.3) is 0 Å². The molecule has 0 aliphatic heterocycles. The lowest BCUT2D eigenvalue weighted by molar-refractivity contribution is 0.859. The highest BCUT2D eigenvalue weighted by atomic mass is 35.8. The summed E-state index contributed by atoms with van der Waals surface area (Å²) in [6.45, 7) is 2.09. The third-order valence-corrected chi connectivity index (χ3v) is 4.37. The SMILES string of the molecule is CC(C[Si](Cl)(Cl)Cl)c1ccccc1. The highest BCUT2D eigenvalue weighted by Crippen LogP contribution is 2.33. The molecule has 13 heavy (non-hydrogen) atoms. The van der Waals surface area contributed by atoms with Gasteiger partial charge in [-0.2, -0.15) is 0 Å². The van der Waals surface area contributed by atoms with E-state index in [0.717, 1.165) is 0 Å². The van der Waals surface area contributed by atoms with Gasteiger partial charge in [0.2, 0.25) is 0 Å². The maximum atomic E-state index is 5.85.